The second-order valence-corrected chi connectivity index (χ2v) is 10.2. The fraction of sp³-hybridized carbons (Fsp3) is 0.114. The zero-order valence-corrected chi connectivity index (χ0v) is 24.3. The van der Waals surface area contributed by atoms with E-state index in [0.29, 0.717) is 36.8 Å². The molecule has 0 aliphatic heterocycles. The summed E-state index contributed by atoms with van der Waals surface area (Å²) in [6, 6.07) is 9.41. The van der Waals surface area contributed by atoms with Crippen molar-refractivity contribution in [3.8, 4) is 45.5 Å². The van der Waals surface area contributed by atoms with Gasteiger partial charge in [-0.1, -0.05) is 24.3 Å². The van der Waals surface area contributed by atoms with Crippen molar-refractivity contribution in [2.24, 2.45) is 0 Å². The Morgan fingerprint density at radius 1 is 0.723 bits per heavy atom. The molecule has 0 atom stereocenters. The van der Waals surface area contributed by atoms with Crippen LogP contribution in [0.25, 0.3) is 33.6 Å². The first-order valence-electron chi connectivity index (χ1n) is 13.9. The maximum Gasteiger partial charge on any atom is 0.432 e. The van der Waals surface area contributed by atoms with Gasteiger partial charge in [0.2, 0.25) is 0 Å². The Hall–Kier alpha value is -5.57. The van der Waals surface area contributed by atoms with E-state index in [1.807, 2.05) is 19.1 Å². The molecule has 0 unspecified atom stereocenters. The molecule has 0 amide bonds. The van der Waals surface area contributed by atoms with Crippen LogP contribution in [0.15, 0.2) is 85.2 Å². The Balaban J connectivity index is 1.37. The highest BCUT2D eigenvalue weighted by molar-refractivity contribution is 5.69. The third kappa shape index (κ3) is 6.99. The summed E-state index contributed by atoms with van der Waals surface area (Å²) < 4.78 is 122. The van der Waals surface area contributed by atoms with Crippen molar-refractivity contribution in [1.29, 1.82) is 5.26 Å². The first-order chi connectivity index (χ1) is 22.4. The molecule has 0 bridgehead atoms. The van der Waals surface area contributed by atoms with E-state index in [0.717, 1.165) is 30.2 Å². The number of rotatable bonds is 9. The molecular formula is C35H21F8N3O. The molecule has 0 aliphatic rings. The van der Waals surface area contributed by atoms with Crippen molar-refractivity contribution < 1.29 is 39.9 Å². The molecule has 0 N–H and O–H groups in total. The summed E-state index contributed by atoms with van der Waals surface area (Å²) in [6.07, 6.45) is 3.95. The lowest BCUT2D eigenvalue weighted by molar-refractivity contribution is -0.189. The molecule has 0 saturated heterocycles. The number of allylic oxidation sites excluding steroid dienone is 2. The molecule has 1 heterocycles. The number of aromatic nitrogens is 2. The highest BCUT2D eigenvalue weighted by Crippen LogP contribution is 2.39. The van der Waals surface area contributed by atoms with E-state index < -0.39 is 63.5 Å². The number of alkyl halides is 2. The van der Waals surface area contributed by atoms with Gasteiger partial charge in [0, 0.05) is 35.2 Å². The van der Waals surface area contributed by atoms with E-state index in [-0.39, 0.29) is 28.1 Å². The van der Waals surface area contributed by atoms with Crippen molar-refractivity contribution in [2.75, 3.05) is 0 Å². The first-order valence-corrected chi connectivity index (χ1v) is 13.9. The summed E-state index contributed by atoms with van der Waals surface area (Å²) in [5, 5.41) is 8.79. The van der Waals surface area contributed by atoms with Gasteiger partial charge in [0.1, 0.15) is 57.8 Å². The van der Waals surface area contributed by atoms with Crippen LogP contribution in [0.1, 0.15) is 30.0 Å². The number of halogens is 8. The number of hydrogen-bond donors (Lipinski definition) is 0. The summed E-state index contributed by atoms with van der Waals surface area (Å²) >= 11 is 0. The molecule has 12 heteroatoms. The summed E-state index contributed by atoms with van der Waals surface area (Å²) in [7, 11) is 0. The third-order valence-corrected chi connectivity index (χ3v) is 7.06. The molecule has 238 valence electrons. The molecule has 0 radical (unpaired) electrons. The molecule has 0 aliphatic carbocycles. The molecule has 4 aromatic carbocycles. The van der Waals surface area contributed by atoms with Crippen molar-refractivity contribution in [3.05, 3.63) is 137 Å². The van der Waals surface area contributed by atoms with Crippen molar-refractivity contribution in [2.45, 2.75) is 25.9 Å². The van der Waals surface area contributed by atoms with Crippen LogP contribution in [0.5, 0.6) is 5.75 Å². The minimum absolute atomic E-state index is 0.204. The van der Waals surface area contributed by atoms with Gasteiger partial charge < -0.3 is 4.74 Å². The van der Waals surface area contributed by atoms with Crippen LogP contribution in [0.3, 0.4) is 0 Å². The molecule has 0 saturated carbocycles. The minimum atomic E-state index is -4.67. The van der Waals surface area contributed by atoms with Crippen LogP contribution < -0.4 is 4.74 Å². The fourth-order valence-electron chi connectivity index (χ4n) is 4.77. The largest absolute Gasteiger partial charge is 0.432 e. The highest BCUT2D eigenvalue weighted by atomic mass is 19.3. The van der Waals surface area contributed by atoms with Gasteiger partial charge in [0.15, 0.2) is 5.82 Å². The SMILES string of the molecule is C/C=C/CCc1cnc(-c2ccc(-c3cc(F)c(C(F)(F)Oc4ccc(-c5cc(F)c(C#N)c(F)c5)c(F)c4)c(F)c3)c(F)c2)nc1. The molecule has 4 nitrogen and oxygen atoms in total. The average Bonchev–Trinajstić information content (AvgIpc) is 3.00. The van der Waals surface area contributed by atoms with Crippen LogP contribution in [0, 0.1) is 46.2 Å². The Bertz CT molecular complexity index is 1990. The molecule has 1 aromatic heterocycles. The monoisotopic (exact) mass is 651 g/mol. The smallest absolute Gasteiger partial charge is 0.429 e. The lowest BCUT2D eigenvalue weighted by Crippen LogP contribution is -2.25. The minimum Gasteiger partial charge on any atom is -0.429 e. The molecule has 47 heavy (non-hydrogen) atoms. The predicted octanol–water partition coefficient (Wildman–Crippen LogP) is 9.82. The van der Waals surface area contributed by atoms with Gasteiger partial charge in [0.05, 0.1) is 0 Å². The number of nitrogens with zero attached hydrogens (tertiary/aromatic N) is 3. The quantitative estimate of drug-likeness (QED) is 0.118. The van der Waals surface area contributed by atoms with Crippen molar-refractivity contribution in [1.82, 2.24) is 9.97 Å². The number of aryl methyl sites for hydroxylation is 1. The lowest BCUT2D eigenvalue weighted by atomic mass is 10.00. The number of nitriles is 1. The summed E-state index contributed by atoms with van der Waals surface area (Å²) in [6.45, 7) is 1.91. The zero-order valence-electron chi connectivity index (χ0n) is 24.3. The standard InChI is InChI=1S/C35H21F8N3O/c1-2-3-4-5-19-17-45-34(46-18-19)20-6-8-24(27(36)10-20)22-13-31(40)33(32(41)14-22)35(42,43)47-23-7-9-25(30(39)15-23)21-11-28(37)26(16-44)29(38)12-21/h2-3,6-15,17-18H,4-5H2,1H3/b3-2+. The predicted molar refractivity (Wildman–Crippen MR) is 157 cm³/mol. The molecule has 5 aromatic rings. The fourth-order valence-corrected chi connectivity index (χ4v) is 4.77. The first kappa shape index (κ1) is 32.8. The van der Waals surface area contributed by atoms with Crippen LogP contribution in [-0.2, 0) is 12.5 Å². The third-order valence-electron chi connectivity index (χ3n) is 7.06. The second-order valence-electron chi connectivity index (χ2n) is 10.2. The van der Waals surface area contributed by atoms with E-state index in [9.17, 15) is 13.2 Å². The van der Waals surface area contributed by atoms with Gasteiger partial charge in [-0.3, -0.25) is 0 Å². The van der Waals surface area contributed by atoms with Gasteiger partial charge in [-0.25, -0.2) is 36.3 Å². The van der Waals surface area contributed by atoms with E-state index in [2.05, 4.69) is 14.7 Å². The van der Waals surface area contributed by atoms with Crippen LogP contribution in [-0.4, -0.2) is 9.97 Å². The van der Waals surface area contributed by atoms with Crippen LogP contribution >= 0.6 is 0 Å². The number of benzene rings is 4. The number of ether oxygens (including phenoxy) is 1. The second kappa shape index (κ2) is 13.4. The average molecular weight is 652 g/mol. The van der Waals surface area contributed by atoms with Crippen LogP contribution in [0.4, 0.5) is 35.1 Å². The van der Waals surface area contributed by atoms with E-state index >= 15 is 22.0 Å². The Kier molecular flexibility index (Phi) is 9.37. The summed E-state index contributed by atoms with van der Waals surface area (Å²) in [5.41, 5.74) is -3.02. The van der Waals surface area contributed by atoms with Gasteiger partial charge in [0.25, 0.3) is 0 Å². The maximum atomic E-state index is 15.1. The Morgan fingerprint density at radius 3 is 1.79 bits per heavy atom. The lowest BCUT2D eigenvalue weighted by Gasteiger charge is -2.20. The van der Waals surface area contributed by atoms with E-state index in [1.165, 1.54) is 18.2 Å². The summed E-state index contributed by atoms with van der Waals surface area (Å²) in [4.78, 5) is 8.46. The van der Waals surface area contributed by atoms with Gasteiger partial charge >= 0.3 is 6.11 Å². The molecule has 0 fully saturated rings. The van der Waals surface area contributed by atoms with Crippen molar-refractivity contribution in [3.63, 3.8) is 0 Å². The Labute approximate surface area is 263 Å². The van der Waals surface area contributed by atoms with Crippen molar-refractivity contribution >= 4 is 0 Å². The highest BCUT2D eigenvalue weighted by Gasteiger charge is 2.41. The topological polar surface area (TPSA) is 58.8 Å². The Morgan fingerprint density at radius 2 is 1.26 bits per heavy atom. The van der Waals surface area contributed by atoms with Crippen LogP contribution in [0.2, 0.25) is 0 Å². The molecule has 5 rings (SSSR count). The summed E-state index contributed by atoms with van der Waals surface area (Å²) in [5.74, 6) is -8.93. The van der Waals surface area contributed by atoms with E-state index in [1.54, 1.807) is 12.4 Å². The van der Waals surface area contributed by atoms with Gasteiger partial charge in [-0.15, -0.1) is 0 Å². The normalized spacial score (nSPS) is 11.6. The van der Waals surface area contributed by atoms with Gasteiger partial charge in [-0.05, 0) is 78.9 Å². The zero-order chi connectivity index (χ0) is 33.9. The molecule has 0 spiro atoms. The van der Waals surface area contributed by atoms with Gasteiger partial charge in [-0.2, -0.15) is 14.0 Å². The molecular weight excluding hydrogens is 630 g/mol. The maximum absolute atomic E-state index is 15.1. The number of hydrogen-bond acceptors (Lipinski definition) is 4. The van der Waals surface area contributed by atoms with E-state index in [4.69, 9.17) is 5.26 Å².